The van der Waals surface area contributed by atoms with Crippen LogP contribution in [0.25, 0.3) is 11.3 Å². The summed E-state index contributed by atoms with van der Waals surface area (Å²) in [6.07, 6.45) is 2.44. The van der Waals surface area contributed by atoms with Crippen LogP contribution in [0.5, 0.6) is 5.75 Å². The van der Waals surface area contributed by atoms with Gasteiger partial charge >= 0.3 is 0 Å². The van der Waals surface area contributed by atoms with E-state index in [-0.39, 0.29) is 18.3 Å². The van der Waals surface area contributed by atoms with Gasteiger partial charge in [0.2, 0.25) is 0 Å². The number of hydrogen-bond donors (Lipinski definition) is 1. The molecule has 3 aromatic rings. The van der Waals surface area contributed by atoms with Gasteiger partial charge in [0.05, 0.1) is 5.69 Å². The number of para-hydroxylation sites is 1. The zero-order valence-corrected chi connectivity index (χ0v) is 16.8. The SMILES string of the molecule is CCc1ccccc1OCC(=O)N(C)CCCc1cc(-c2ccc(F)cc2)n[nH]1. The first kappa shape index (κ1) is 20.6. The fourth-order valence-corrected chi connectivity index (χ4v) is 3.08. The van der Waals surface area contributed by atoms with Gasteiger partial charge in [-0.05, 0) is 61.2 Å². The highest BCUT2D eigenvalue weighted by molar-refractivity contribution is 5.77. The number of carbonyl (C=O) groups excluding carboxylic acids is 1. The minimum absolute atomic E-state index is 0.0340. The highest BCUT2D eigenvalue weighted by Gasteiger charge is 2.11. The molecule has 0 saturated heterocycles. The maximum absolute atomic E-state index is 13.0. The molecule has 0 radical (unpaired) electrons. The Kier molecular flexibility index (Phi) is 7.00. The zero-order chi connectivity index (χ0) is 20.6. The predicted octanol–water partition coefficient (Wildman–Crippen LogP) is 4.25. The van der Waals surface area contributed by atoms with E-state index in [0.717, 1.165) is 47.5 Å². The number of benzene rings is 2. The molecule has 0 saturated carbocycles. The largest absolute Gasteiger partial charge is 0.483 e. The summed E-state index contributed by atoms with van der Waals surface area (Å²) in [5.74, 6) is 0.453. The molecule has 29 heavy (non-hydrogen) atoms. The van der Waals surface area contributed by atoms with E-state index in [9.17, 15) is 9.18 Å². The Morgan fingerprint density at radius 1 is 1.17 bits per heavy atom. The van der Waals surface area contributed by atoms with Gasteiger partial charge in [-0.15, -0.1) is 0 Å². The molecule has 0 atom stereocenters. The number of amides is 1. The van der Waals surface area contributed by atoms with E-state index in [0.29, 0.717) is 6.54 Å². The van der Waals surface area contributed by atoms with E-state index in [4.69, 9.17) is 4.74 Å². The number of H-pyrrole nitrogens is 1. The van der Waals surface area contributed by atoms with E-state index in [1.165, 1.54) is 12.1 Å². The topological polar surface area (TPSA) is 58.2 Å². The number of hydrogen-bond acceptors (Lipinski definition) is 3. The van der Waals surface area contributed by atoms with Gasteiger partial charge in [-0.2, -0.15) is 5.10 Å². The van der Waals surface area contributed by atoms with Crippen molar-refractivity contribution in [1.29, 1.82) is 0 Å². The van der Waals surface area contributed by atoms with E-state index < -0.39 is 0 Å². The second-order valence-electron chi connectivity index (χ2n) is 6.95. The summed E-state index contributed by atoms with van der Waals surface area (Å²) in [6, 6.07) is 16.0. The third-order valence-corrected chi connectivity index (χ3v) is 4.84. The molecule has 152 valence electrons. The van der Waals surface area contributed by atoms with Crippen molar-refractivity contribution in [3.8, 4) is 17.0 Å². The molecule has 0 spiro atoms. The molecular formula is C23H26FN3O2. The fourth-order valence-electron chi connectivity index (χ4n) is 3.08. The minimum atomic E-state index is -0.264. The number of aromatic amines is 1. The molecule has 2 aromatic carbocycles. The van der Waals surface area contributed by atoms with Crippen molar-refractivity contribution in [2.24, 2.45) is 0 Å². The molecule has 5 nitrogen and oxygen atoms in total. The molecule has 3 rings (SSSR count). The normalized spacial score (nSPS) is 10.7. The Morgan fingerprint density at radius 3 is 2.69 bits per heavy atom. The Balaban J connectivity index is 1.44. The monoisotopic (exact) mass is 395 g/mol. The number of halogens is 1. The van der Waals surface area contributed by atoms with Gasteiger partial charge < -0.3 is 9.64 Å². The molecule has 6 heteroatoms. The summed E-state index contributed by atoms with van der Waals surface area (Å²) in [4.78, 5) is 14.0. The van der Waals surface area contributed by atoms with Gasteiger partial charge in [-0.1, -0.05) is 25.1 Å². The lowest BCUT2D eigenvalue weighted by atomic mass is 10.1. The molecular weight excluding hydrogens is 369 g/mol. The lowest BCUT2D eigenvalue weighted by Gasteiger charge is -2.18. The Hall–Kier alpha value is -3.15. The zero-order valence-electron chi connectivity index (χ0n) is 16.8. The van der Waals surface area contributed by atoms with Gasteiger partial charge in [0.25, 0.3) is 5.91 Å². The van der Waals surface area contributed by atoms with Crippen LogP contribution in [-0.2, 0) is 17.6 Å². The van der Waals surface area contributed by atoms with E-state index >= 15 is 0 Å². The fraction of sp³-hybridized carbons (Fsp3) is 0.304. The van der Waals surface area contributed by atoms with Crippen molar-refractivity contribution in [3.05, 3.63) is 71.7 Å². The van der Waals surface area contributed by atoms with Gasteiger partial charge in [0.15, 0.2) is 6.61 Å². The van der Waals surface area contributed by atoms with Crippen molar-refractivity contribution in [3.63, 3.8) is 0 Å². The average Bonchev–Trinajstić information content (AvgIpc) is 3.21. The molecule has 0 unspecified atom stereocenters. The van der Waals surface area contributed by atoms with Gasteiger partial charge in [-0.25, -0.2) is 4.39 Å². The Labute approximate surface area is 170 Å². The van der Waals surface area contributed by atoms with Gasteiger partial charge in [0, 0.05) is 24.8 Å². The Bertz CT molecular complexity index is 937. The summed E-state index contributed by atoms with van der Waals surface area (Å²) in [5.41, 5.74) is 3.73. The molecule has 0 fully saturated rings. The molecule has 0 aliphatic heterocycles. The summed E-state index contributed by atoms with van der Waals surface area (Å²) < 4.78 is 18.7. The molecule has 1 heterocycles. The van der Waals surface area contributed by atoms with Crippen LogP contribution in [-0.4, -0.2) is 41.2 Å². The van der Waals surface area contributed by atoms with Crippen LogP contribution in [0, 0.1) is 5.82 Å². The number of aryl methyl sites for hydroxylation is 2. The lowest BCUT2D eigenvalue weighted by Crippen LogP contribution is -2.32. The number of aromatic nitrogens is 2. The highest BCUT2D eigenvalue weighted by Crippen LogP contribution is 2.19. The second-order valence-corrected chi connectivity index (χ2v) is 6.95. The standard InChI is InChI=1S/C23H26FN3O2/c1-3-17-7-4-5-9-22(17)29-16-23(28)27(2)14-6-8-20-15-21(26-25-20)18-10-12-19(24)13-11-18/h4-5,7,9-13,15H,3,6,8,14,16H2,1-2H3,(H,25,26). The molecule has 1 aromatic heterocycles. The summed E-state index contributed by atoms with van der Waals surface area (Å²) in [6.45, 7) is 2.72. The molecule has 1 amide bonds. The number of ether oxygens (including phenoxy) is 1. The third kappa shape index (κ3) is 5.67. The third-order valence-electron chi connectivity index (χ3n) is 4.84. The smallest absolute Gasteiger partial charge is 0.260 e. The van der Waals surface area contributed by atoms with Crippen molar-refractivity contribution in [1.82, 2.24) is 15.1 Å². The Morgan fingerprint density at radius 2 is 1.93 bits per heavy atom. The molecule has 0 aliphatic carbocycles. The van der Waals surface area contributed by atoms with Gasteiger partial charge in [0.1, 0.15) is 11.6 Å². The average molecular weight is 395 g/mol. The van der Waals surface area contributed by atoms with Crippen molar-refractivity contribution < 1.29 is 13.9 Å². The van der Waals surface area contributed by atoms with Crippen LogP contribution in [0.15, 0.2) is 54.6 Å². The predicted molar refractivity (Wildman–Crippen MR) is 111 cm³/mol. The van der Waals surface area contributed by atoms with Crippen LogP contribution in [0.2, 0.25) is 0 Å². The van der Waals surface area contributed by atoms with Crippen molar-refractivity contribution in [2.45, 2.75) is 26.2 Å². The van der Waals surface area contributed by atoms with Crippen LogP contribution < -0.4 is 4.74 Å². The summed E-state index contributed by atoms with van der Waals surface area (Å²) in [5, 5.41) is 7.29. The number of rotatable bonds is 9. The summed E-state index contributed by atoms with van der Waals surface area (Å²) in [7, 11) is 1.79. The van der Waals surface area contributed by atoms with Crippen LogP contribution in [0.4, 0.5) is 4.39 Å². The highest BCUT2D eigenvalue weighted by atomic mass is 19.1. The first-order chi connectivity index (χ1) is 14.1. The first-order valence-corrected chi connectivity index (χ1v) is 9.81. The maximum atomic E-state index is 13.0. The van der Waals surface area contributed by atoms with E-state index in [1.54, 1.807) is 24.1 Å². The van der Waals surface area contributed by atoms with E-state index in [2.05, 4.69) is 17.1 Å². The number of nitrogens with one attached hydrogen (secondary N) is 1. The molecule has 1 N–H and O–H groups in total. The first-order valence-electron chi connectivity index (χ1n) is 9.81. The number of likely N-dealkylation sites (N-methyl/N-ethyl adjacent to an activating group) is 1. The van der Waals surface area contributed by atoms with Crippen LogP contribution in [0.1, 0.15) is 24.6 Å². The van der Waals surface area contributed by atoms with Crippen LogP contribution >= 0.6 is 0 Å². The quantitative estimate of drug-likeness (QED) is 0.589. The molecule has 0 aliphatic rings. The minimum Gasteiger partial charge on any atom is -0.483 e. The number of nitrogens with zero attached hydrogens (tertiary/aromatic N) is 2. The second kappa shape index (κ2) is 9.87. The van der Waals surface area contributed by atoms with Crippen molar-refractivity contribution >= 4 is 5.91 Å². The maximum Gasteiger partial charge on any atom is 0.260 e. The van der Waals surface area contributed by atoms with Crippen molar-refractivity contribution in [2.75, 3.05) is 20.2 Å². The molecule has 0 bridgehead atoms. The lowest BCUT2D eigenvalue weighted by molar-refractivity contribution is -0.132. The summed E-state index contributed by atoms with van der Waals surface area (Å²) >= 11 is 0. The number of carbonyl (C=O) groups is 1. The van der Waals surface area contributed by atoms with E-state index in [1.807, 2.05) is 30.3 Å². The van der Waals surface area contributed by atoms with Crippen LogP contribution in [0.3, 0.4) is 0 Å². The van der Waals surface area contributed by atoms with Gasteiger partial charge in [-0.3, -0.25) is 9.89 Å².